The summed E-state index contributed by atoms with van der Waals surface area (Å²) in [5, 5.41) is 6.56. The predicted molar refractivity (Wildman–Crippen MR) is 95.7 cm³/mol. The van der Waals surface area contributed by atoms with E-state index in [0.717, 1.165) is 38.4 Å². The third kappa shape index (κ3) is 3.07. The molecule has 2 spiro atoms. The van der Waals surface area contributed by atoms with E-state index in [1.807, 2.05) is 4.90 Å². The first-order valence-electron chi connectivity index (χ1n) is 10.0. The lowest BCUT2D eigenvalue weighted by atomic mass is 9.57. The maximum Gasteiger partial charge on any atom is 0.435 e. The summed E-state index contributed by atoms with van der Waals surface area (Å²) in [7, 11) is 1.55. The maximum absolute atomic E-state index is 12.8. The number of aromatic nitrogens is 2. The van der Waals surface area contributed by atoms with Gasteiger partial charge in [0.15, 0.2) is 5.69 Å². The number of amides is 3. The van der Waals surface area contributed by atoms with Crippen molar-refractivity contribution in [2.45, 2.75) is 43.8 Å². The molecule has 3 amide bonds. The van der Waals surface area contributed by atoms with Gasteiger partial charge in [0.25, 0.3) is 0 Å². The molecule has 5 rings (SSSR count). The van der Waals surface area contributed by atoms with Crippen LogP contribution < -0.4 is 5.32 Å². The van der Waals surface area contributed by atoms with Crippen molar-refractivity contribution >= 4 is 11.9 Å². The third-order valence-corrected chi connectivity index (χ3v) is 7.02. The number of urea groups is 1. The summed E-state index contributed by atoms with van der Waals surface area (Å²) in [6, 6.07) is 1.18. The highest BCUT2D eigenvalue weighted by Crippen LogP contribution is 2.53. The van der Waals surface area contributed by atoms with Crippen molar-refractivity contribution in [1.29, 1.82) is 0 Å². The Bertz CT molecular complexity index is 860. The van der Waals surface area contributed by atoms with E-state index in [0.29, 0.717) is 37.5 Å². The van der Waals surface area contributed by atoms with Crippen LogP contribution in [0.15, 0.2) is 6.07 Å². The Hall–Kier alpha value is -2.26. The number of nitrogens with zero attached hydrogens (tertiary/aromatic N) is 4. The fourth-order valence-electron chi connectivity index (χ4n) is 5.63. The van der Waals surface area contributed by atoms with Gasteiger partial charge in [-0.3, -0.25) is 9.48 Å². The van der Waals surface area contributed by atoms with Crippen LogP contribution in [-0.2, 0) is 24.4 Å². The quantitative estimate of drug-likeness (QED) is 0.807. The number of aryl methyl sites for hydroxylation is 1. The summed E-state index contributed by atoms with van der Waals surface area (Å²) in [6.45, 7) is 2.62. The van der Waals surface area contributed by atoms with Crippen LogP contribution in [0.25, 0.3) is 0 Å². The Morgan fingerprint density at radius 1 is 1.24 bits per heavy atom. The summed E-state index contributed by atoms with van der Waals surface area (Å²) in [5.41, 5.74) is -0.297. The van der Waals surface area contributed by atoms with Crippen LogP contribution in [0.5, 0.6) is 0 Å². The van der Waals surface area contributed by atoms with Crippen molar-refractivity contribution in [3.8, 4) is 0 Å². The highest BCUT2D eigenvalue weighted by Gasteiger charge is 2.56. The normalized spacial score (nSPS) is 25.0. The summed E-state index contributed by atoms with van der Waals surface area (Å²) >= 11 is 0. The lowest BCUT2D eigenvalue weighted by molar-refractivity contribution is -0.141. The SMILES string of the molecule is Cn1nc(C(F)(F)F)cc1CC1CC2(C1)CN(C(=O)N1CC3(CCC(=O)N3)C1)C2. The number of carbonyl (C=O) groups excluding carboxylic acids is 2. The number of rotatable bonds is 2. The summed E-state index contributed by atoms with van der Waals surface area (Å²) in [6.07, 6.45) is -0.624. The van der Waals surface area contributed by atoms with E-state index in [4.69, 9.17) is 0 Å². The topological polar surface area (TPSA) is 70.5 Å². The highest BCUT2D eigenvalue weighted by atomic mass is 19.4. The van der Waals surface area contributed by atoms with Crippen LogP contribution in [0.1, 0.15) is 37.1 Å². The van der Waals surface area contributed by atoms with Crippen molar-refractivity contribution in [2.75, 3.05) is 26.2 Å². The molecule has 29 heavy (non-hydrogen) atoms. The first-order chi connectivity index (χ1) is 13.6. The van der Waals surface area contributed by atoms with Gasteiger partial charge in [0, 0.05) is 50.8 Å². The van der Waals surface area contributed by atoms with Gasteiger partial charge in [0.05, 0.1) is 5.54 Å². The molecule has 158 valence electrons. The van der Waals surface area contributed by atoms with Crippen molar-refractivity contribution in [3.63, 3.8) is 0 Å². The maximum atomic E-state index is 12.8. The van der Waals surface area contributed by atoms with Crippen molar-refractivity contribution in [2.24, 2.45) is 18.4 Å². The molecule has 1 aromatic rings. The first kappa shape index (κ1) is 18.7. The number of hydrogen-bond donors (Lipinski definition) is 1. The molecule has 4 fully saturated rings. The molecule has 0 unspecified atom stereocenters. The fourth-order valence-corrected chi connectivity index (χ4v) is 5.63. The molecule has 4 heterocycles. The molecule has 0 radical (unpaired) electrons. The Kier molecular flexibility index (Phi) is 3.80. The first-order valence-corrected chi connectivity index (χ1v) is 10.0. The van der Waals surface area contributed by atoms with Crippen molar-refractivity contribution in [3.05, 3.63) is 17.5 Å². The zero-order valence-corrected chi connectivity index (χ0v) is 16.3. The van der Waals surface area contributed by atoms with Crippen LogP contribution in [0.4, 0.5) is 18.0 Å². The molecule has 7 nitrogen and oxygen atoms in total. The van der Waals surface area contributed by atoms with E-state index in [9.17, 15) is 22.8 Å². The second-order valence-electron chi connectivity index (χ2n) is 9.44. The Balaban J connectivity index is 1.09. The fraction of sp³-hybridized carbons (Fsp3) is 0.737. The lowest BCUT2D eigenvalue weighted by Gasteiger charge is -2.61. The van der Waals surface area contributed by atoms with Crippen LogP contribution in [0, 0.1) is 11.3 Å². The minimum atomic E-state index is -4.41. The van der Waals surface area contributed by atoms with E-state index in [1.54, 1.807) is 11.9 Å². The van der Waals surface area contributed by atoms with Crippen molar-refractivity contribution < 1.29 is 22.8 Å². The monoisotopic (exact) mass is 411 g/mol. The van der Waals surface area contributed by atoms with E-state index in [2.05, 4.69) is 10.4 Å². The van der Waals surface area contributed by atoms with Gasteiger partial charge in [-0.25, -0.2) is 4.79 Å². The molecule has 1 saturated carbocycles. The van der Waals surface area contributed by atoms with Gasteiger partial charge in [-0.05, 0) is 37.7 Å². The van der Waals surface area contributed by atoms with Gasteiger partial charge in [-0.1, -0.05) is 0 Å². The average Bonchev–Trinajstić information content (AvgIpc) is 3.09. The van der Waals surface area contributed by atoms with Crippen LogP contribution in [0.3, 0.4) is 0 Å². The number of nitrogens with one attached hydrogen (secondary N) is 1. The molecule has 0 bridgehead atoms. The second kappa shape index (κ2) is 5.89. The molecular formula is C19H24F3N5O2. The molecule has 10 heteroatoms. The predicted octanol–water partition coefficient (Wildman–Crippen LogP) is 1.78. The number of halogens is 3. The number of likely N-dealkylation sites (tertiary alicyclic amines) is 2. The Labute approximate surface area is 166 Å². The van der Waals surface area contributed by atoms with E-state index in [1.165, 1.54) is 4.68 Å². The largest absolute Gasteiger partial charge is 0.435 e. The van der Waals surface area contributed by atoms with Gasteiger partial charge in [-0.2, -0.15) is 18.3 Å². The molecule has 0 aromatic carbocycles. The summed E-state index contributed by atoms with van der Waals surface area (Å²) < 4.78 is 39.7. The molecule has 0 atom stereocenters. The standard InChI is InChI=1S/C19H24F3N5O2/c1-25-13(5-14(24-25)19(20,21)22)4-12-6-17(7-12)8-26(9-17)16(29)27-10-18(11-27)3-2-15(28)23-18/h5,12H,2-4,6-11H2,1H3,(H,23,28). The minimum Gasteiger partial charge on any atom is -0.347 e. The summed E-state index contributed by atoms with van der Waals surface area (Å²) in [5.74, 6) is 0.404. The molecule has 1 N–H and O–H groups in total. The number of carbonyl (C=O) groups is 2. The molecule has 4 aliphatic rings. The van der Waals surface area contributed by atoms with Gasteiger partial charge < -0.3 is 15.1 Å². The van der Waals surface area contributed by atoms with E-state index in [-0.39, 0.29) is 22.9 Å². The zero-order chi connectivity index (χ0) is 20.6. The molecular weight excluding hydrogens is 387 g/mol. The minimum absolute atomic E-state index is 0.0345. The lowest BCUT2D eigenvalue weighted by Crippen LogP contribution is -2.73. The average molecular weight is 411 g/mol. The second-order valence-corrected chi connectivity index (χ2v) is 9.44. The molecule has 3 aliphatic heterocycles. The van der Waals surface area contributed by atoms with E-state index >= 15 is 0 Å². The van der Waals surface area contributed by atoms with Crippen LogP contribution in [0.2, 0.25) is 0 Å². The Morgan fingerprint density at radius 2 is 1.90 bits per heavy atom. The molecule has 1 aromatic heterocycles. The smallest absolute Gasteiger partial charge is 0.347 e. The Morgan fingerprint density at radius 3 is 2.45 bits per heavy atom. The van der Waals surface area contributed by atoms with Crippen LogP contribution in [-0.4, -0.2) is 63.2 Å². The molecule has 3 saturated heterocycles. The van der Waals surface area contributed by atoms with Crippen molar-refractivity contribution in [1.82, 2.24) is 24.9 Å². The van der Waals surface area contributed by atoms with E-state index < -0.39 is 11.9 Å². The summed E-state index contributed by atoms with van der Waals surface area (Å²) in [4.78, 5) is 27.6. The van der Waals surface area contributed by atoms with Gasteiger partial charge in [0.2, 0.25) is 5.91 Å². The highest BCUT2D eigenvalue weighted by molar-refractivity contribution is 5.82. The third-order valence-electron chi connectivity index (χ3n) is 7.02. The molecule has 1 aliphatic carbocycles. The zero-order valence-electron chi connectivity index (χ0n) is 16.3. The number of hydrogen-bond acceptors (Lipinski definition) is 3. The van der Waals surface area contributed by atoms with Gasteiger partial charge in [0.1, 0.15) is 0 Å². The van der Waals surface area contributed by atoms with Gasteiger partial charge >= 0.3 is 12.2 Å². The number of alkyl halides is 3. The van der Waals surface area contributed by atoms with Crippen LogP contribution >= 0.6 is 0 Å². The van der Waals surface area contributed by atoms with Gasteiger partial charge in [-0.15, -0.1) is 0 Å².